The molecule has 1 aliphatic rings. The van der Waals surface area contributed by atoms with Crippen LogP contribution in [0.4, 0.5) is 0 Å². The maximum Gasteiger partial charge on any atom is 0.327 e. The van der Waals surface area contributed by atoms with Crippen LogP contribution < -0.4 is 0 Å². The minimum absolute atomic E-state index is 0.0802. The number of ether oxygens (including phenoxy) is 1. The summed E-state index contributed by atoms with van der Waals surface area (Å²) in [6, 6.07) is 0. The predicted molar refractivity (Wildman–Crippen MR) is 74.6 cm³/mol. The van der Waals surface area contributed by atoms with E-state index in [0.29, 0.717) is 31.9 Å². The van der Waals surface area contributed by atoms with E-state index in [9.17, 15) is 9.59 Å². The summed E-state index contributed by atoms with van der Waals surface area (Å²) in [5.41, 5.74) is -0.590. The van der Waals surface area contributed by atoms with Gasteiger partial charge in [0.1, 0.15) is 18.1 Å². The number of carbonyl (C=O) groups excluding carboxylic acids is 2. The van der Waals surface area contributed by atoms with Crippen molar-refractivity contribution < 1.29 is 14.3 Å². The lowest BCUT2D eigenvalue weighted by molar-refractivity contribution is -0.143. The van der Waals surface area contributed by atoms with E-state index in [0.717, 1.165) is 6.42 Å². The maximum absolute atomic E-state index is 12.1. The highest BCUT2D eigenvalue weighted by atomic mass is 16.6. The molecule has 4 heteroatoms. The Bertz CT molecular complexity index is 340. The summed E-state index contributed by atoms with van der Waals surface area (Å²) >= 11 is 0. The number of hydrogen-bond donors (Lipinski definition) is 0. The van der Waals surface area contributed by atoms with Gasteiger partial charge in [0.15, 0.2) is 0 Å². The van der Waals surface area contributed by atoms with Crippen molar-refractivity contribution in [2.45, 2.75) is 58.9 Å². The van der Waals surface area contributed by atoms with E-state index < -0.39 is 5.54 Å². The number of ketones is 1. The summed E-state index contributed by atoms with van der Waals surface area (Å²) in [5.74, 6) is 0.686. The summed E-state index contributed by atoms with van der Waals surface area (Å²) < 4.78 is 5.11. The molecule has 0 bridgehead atoms. The third kappa shape index (κ3) is 3.56. The Balaban J connectivity index is 2.59. The number of hydrogen-bond acceptors (Lipinski definition) is 4. The van der Waals surface area contributed by atoms with Gasteiger partial charge >= 0.3 is 5.97 Å². The lowest BCUT2D eigenvalue weighted by atomic mass is 9.85. The van der Waals surface area contributed by atoms with Gasteiger partial charge in [0.2, 0.25) is 0 Å². The Hall–Kier alpha value is -0.900. The van der Waals surface area contributed by atoms with Crippen LogP contribution in [-0.2, 0) is 14.3 Å². The molecule has 2 atom stereocenters. The first-order valence-corrected chi connectivity index (χ1v) is 7.24. The molecule has 0 aromatic rings. The second kappa shape index (κ2) is 6.51. The Morgan fingerprint density at radius 1 is 1.42 bits per heavy atom. The molecule has 2 unspecified atom stereocenters. The van der Waals surface area contributed by atoms with E-state index >= 15 is 0 Å². The molecule has 0 amide bonds. The summed E-state index contributed by atoms with van der Waals surface area (Å²) in [6.45, 7) is 8.55. The van der Waals surface area contributed by atoms with Crippen LogP contribution in [0.15, 0.2) is 0 Å². The number of esters is 1. The third-order valence-electron chi connectivity index (χ3n) is 4.24. The molecule has 0 aromatic heterocycles. The van der Waals surface area contributed by atoms with Gasteiger partial charge in [0.25, 0.3) is 0 Å². The fourth-order valence-electron chi connectivity index (χ4n) is 2.87. The summed E-state index contributed by atoms with van der Waals surface area (Å²) in [5, 5.41) is 0. The van der Waals surface area contributed by atoms with Crippen LogP contribution in [0.1, 0.15) is 53.4 Å². The van der Waals surface area contributed by atoms with E-state index in [1.165, 1.54) is 0 Å². The topological polar surface area (TPSA) is 46.6 Å². The molecule has 0 saturated carbocycles. The molecular formula is C15H27NO3. The first-order chi connectivity index (χ1) is 8.83. The van der Waals surface area contributed by atoms with E-state index in [4.69, 9.17) is 4.74 Å². The summed E-state index contributed by atoms with van der Waals surface area (Å²) in [4.78, 5) is 26.0. The van der Waals surface area contributed by atoms with E-state index in [1.54, 1.807) is 0 Å². The van der Waals surface area contributed by atoms with Crippen molar-refractivity contribution >= 4 is 11.8 Å². The lowest BCUT2D eigenvalue weighted by Gasteiger charge is -2.30. The standard InChI is InChI=1S/C15H27NO3/c1-6-15(14(18)19-10-16(15)5)8-7-13(17)12(4)9-11(2)3/h11-12H,6-10H2,1-5H3. The zero-order valence-electron chi connectivity index (χ0n) is 12.9. The van der Waals surface area contributed by atoms with Crippen LogP contribution in [0.2, 0.25) is 0 Å². The second-order valence-electron chi connectivity index (χ2n) is 6.14. The van der Waals surface area contributed by atoms with Gasteiger partial charge in [-0.15, -0.1) is 0 Å². The van der Waals surface area contributed by atoms with E-state index in [2.05, 4.69) is 13.8 Å². The van der Waals surface area contributed by atoms with Gasteiger partial charge in [-0.05, 0) is 32.2 Å². The van der Waals surface area contributed by atoms with Gasteiger partial charge in [-0.25, -0.2) is 4.79 Å². The first kappa shape index (κ1) is 16.2. The van der Waals surface area contributed by atoms with Gasteiger partial charge in [0.05, 0.1) is 0 Å². The number of rotatable bonds is 7. The molecular weight excluding hydrogens is 242 g/mol. The second-order valence-corrected chi connectivity index (χ2v) is 6.14. The van der Waals surface area contributed by atoms with Gasteiger partial charge < -0.3 is 4.74 Å². The molecule has 0 aromatic carbocycles. The van der Waals surface area contributed by atoms with Crippen molar-refractivity contribution in [3.05, 3.63) is 0 Å². The molecule has 0 spiro atoms. The zero-order valence-corrected chi connectivity index (χ0v) is 12.9. The fraction of sp³-hybridized carbons (Fsp3) is 0.867. The fourth-order valence-corrected chi connectivity index (χ4v) is 2.87. The molecule has 0 radical (unpaired) electrons. The third-order valence-corrected chi connectivity index (χ3v) is 4.24. The highest BCUT2D eigenvalue weighted by Crippen LogP contribution is 2.31. The van der Waals surface area contributed by atoms with E-state index in [-0.39, 0.29) is 17.7 Å². The summed E-state index contributed by atoms with van der Waals surface area (Å²) in [7, 11) is 1.89. The molecule has 19 heavy (non-hydrogen) atoms. The molecule has 0 N–H and O–H groups in total. The van der Waals surface area contributed by atoms with Crippen LogP contribution in [0.3, 0.4) is 0 Å². The van der Waals surface area contributed by atoms with Crippen LogP contribution in [0.5, 0.6) is 0 Å². The largest absolute Gasteiger partial charge is 0.448 e. The maximum atomic E-state index is 12.1. The molecule has 1 saturated heterocycles. The SMILES string of the molecule is CCC1(CCC(=O)C(C)CC(C)C)C(=O)OCN1C. The van der Waals surface area contributed by atoms with Gasteiger partial charge in [-0.1, -0.05) is 27.7 Å². The Morgan fingerprint density at radius 3 is 2.47 bits per heavy atom. The molecule has 0 aliphatic carbocycles. The average molecular weight is 269 g/mol. The number of nitrogens with zero attached hydrogens (tertiary/aromatic N) is 1. The number of Topliss-reactive ketones (excluding diaryl/α,β-unsaturated/α-hetero) is 1. The van der Waals surface area contributed by atoms with Crippen molar-refractivity contribution in [2.24, 2.45) is 11.8 Å². The van der Waals surface area contributed by atoms with Crippen LogP contribution in [0, 0.1) is 11.8 Å². The molecule has 1 fully saturated rings. The Morgan fingerprint density at radius 2 is 2.05 bits per heavy atom. The normalized spacial score (nSPS) is 25.7. The Labute approximate surface area is 116 Å². The molecule has 110 valence electrons. The van der Waals surface area contributed by atoms with Gasteiger partial charge in [0, 0.05) is 12.3 Å². The molecule has 1 rings (SSSR count). The van der Waals surface area contributed by atoms with Crippen molar-refractivity contribution in [3.8, 4) is 0 Å². The zero-order chi connectivity index (χ0) is 14.6. The monoisotopic (exact) mass is 269 g/mol. The van der Waals surface area contributed by atoms with Crippen LogP contribution in [0.25, 0.3) is 0 Å². The quantitative estimate of drug-likeness (QED) is 0.667. The van der Waals surface area contributed by atoms with E-state index in [1.807, 2.05) is 25.8 Å². The molecule has 1 heterocycles. The van der Waals surface area contributed by atoms with Crippen molar-refractivity contribution in [3.63, 3.8) is 0 Å². The average Bonchev–Trinajstić information content (AvgIpc) is 2.62. The highest BCUT2D eigenvalue weighted by molar-refractivity contribution is 5.85. The van der Waals surface area contributed by atoms with Crippen molar-refractivity contribution in [1.29, 1.82) is 0 Å². The number of carbonyl (C=O) groups is 2. The van der Waals surface area contributed by atoms with Gasteiger partial charge in [-0.2, -0.15) is 0 Å². The minimum Gasteiger partial charge on any atom is -0.448 e. The number of likely N-dealkylation sites (N-methyl/N-ethyl adjacent to an activating group) is 1. The summed E-state index contributed by atoms with van der Waals surface area (Å²) in [6.07, 6.45) is 2.63. The van der Waals surface area contributed by atoms with Crippen molar-refractivity contribution in [1.82, 2.24) is 4.90 Å². The van der Waals surface area contributed by atoms with Crippen LogP contribution >= 0.6 is 0 Å². The number of cyclic esters (lactones) is 1. The van der Waals surface area contributed by atoms with Gasteiger partial charge in [-0.3, -0.25) is 9.69 Å². The first-order valence-electron chi connectivity index (χ1n) is 7.24. The van der Waals surface area contributed by atoms with Crippen molar-refractivity contribution in [2.75, 3.05) is 13.8 Å². The molecule has 1 aliphatic heterocycles. The molecule has 4 nitrogen and oxygen atoms in total. The minimum atomic E-state index is -0.590. The lowest BCUT2D eigenvalue weighted by Crippen LogP contribution is -2.46. The predicted octanol–water partition coefficient (Wildman–Crippen LogP) is 2.61. The highest BCUT2D eigenvalue weighted by Gasteiger charge is 2.47. The van der Waals surface area contributed by atoms with Crippen LogP contribution in [-0.4, -0.2) is 36.0 Å². The Kier molecular flexibility index (Phi) is 5.53. The smallest absolute Gasteiger partial charge is 0.327 e.